The van der Waals surface area contributed by atoms with Crippen LogP contribution in [0.15, 0.2) is 77.2 Å². The molecule has 0 saturated heterocycles. The summed E-state index contributed by atoms with van der Waals surface area (Å²) < 4.78 is 38.5. The molecule has 2 heterocycles. The van der Waals surface area contributed by atoms with Crippen molar-refractivity contribution in [3.63, 3.8) is 0 Å². The monoisotopic (exact) mass is 431 g/mol. The van der Waals surface area contributed by atoms with E-state index in [4.69, 9.17) is 9.15 Å². The zero-order valence-electron chi connectivity index (χ0n) is 17.8. The van der Waals surface area contributed by atoms with Crippen molar-refractivity contribution in [1.29, 1.82) is 0 Å². The number of furan rings is 1. The smallest absolute Gasteiger partial charge is 0.176 e. The maximum Gasteiger partial charge on any atom is 0.176 e. The first-order chi connectivity index (χ1) is 15.6. The van der Waals surface area contributed by atoms with Gasteiger partial charge in [0.05, 0.1) is 7.11 Å². The highest BCUT2D eigenvalue weighted by atomic mass is 19.1. The van der Waals surface area contributed by atoms with Crippen LogP contribution >= 0.6 is 0 Å². The van der Waals surface area contributed by atoms with Gasteiger partial charge >= 0.3 is 0 Å². The lowest BCUT2D eigenvalue weighted by atomic mass is 9.99. The predicted molar refractivity (Wildman–Crippen MR) is 122 cm³/mol. The number of nitrogens with zero attached hydrogens (tertiary/aromatic N) is 1. The third-order valence-corrected chi connectivity index (χ3v) is 5.97. The fourth-order valence-corrected chi connectivity index (χ4v) is 4.26. The largest absolute Gasteiger partial charge is 0.493 e. The van der Waals surface area contributed by atoms with Gasteiger partial charge in [-0.25, -0.2) is 8.78 Å². The van der Waals surface area contributed by atoms with Gasteiger partial charge in [0.1, 0.15) is 17.4 Å². The summed E-state index contributed by atoms with van der Waals surface area (Å²) in [7, 11) is 1.62. The van der Waals surface area contributed by atoms with Gasteiger partial charge in [-0.2, -0.15) is 0 Å². The van der Waals surface area contributed by atoms with Crippen LogP contribution in [0, 0.1) is 11.6 Å². The molecule has 0 spiro atoms. The molecule has 3 aromatic carbocycles. The maximum absolute atomic E-state index is 13.7. The molecular weight excluding hydrogens is 408 g/mol. The minimum Gasteiger partial charge on any atom is -0.493 e. The molecule has 1 aromatic heterocycles. The zero-order valence-corrected chi connectivity index (χ0v) is 17.8. The van der Waals surface area contributed by atoms with Crippen molar-refractivity contribution in [2.75, 3.05) is 20.2 Å². The van der Waals surface area contributed by atoms with E-state index in [2.05, 4.69) is 17.0 Å². The molecule has 1 aliphatic heterocycles. The fraction of sp³-hybridized carbons (Fsp3) is 0.185. The second-order valence-electron chi connectivity index (χ2n) is 8.01. The van der Waals surface area contributed by atoms with Gasteiger partial charge in [0, 0.05) is 30.6 Å². The molecule has 0 fully saturated rings. The van der Waals surface area contributed by atoms with Crippen molar-refractivity contribution in [2.24, 2.45) is 0 Å². The van der Waals surface area contributed by atoms with E-state index in [1.807, 2.05) is 30.3 Å². The summed E-state index contributed by atoms with van der Waals surface area (Å²) in [6, 6.07) is 19.0. The van der Waals surface area contributed by atoms with Gasteiger partial charge in [0.15, 0.2) is 11.3 Å². The molecule has 5 rings (SSSR count). The molecule has 4 aromatic rings. The van der Waals surface area contributed by atoms with E-state index in [1.54, 1.807) is 13.2 Å². The number of fused-ring (bicyclic) bond motifs is 1. The highest BCUT2D eigenvalue weighted by molar-refractivity contribution is 5.90. The highest BCUT2D eigenvalue weighted by Gasteiger charge is 2.18. The summed E-state index contributed by atoms with van der Waals surface area (Å²) in [5.74, 6) is 0.756. The Hall–Kier alpha value is -3.44. The zero-order chi connectivity index (χ0) is 22.1. The lowest BCUT2D eigenvalue weighted by Gasteiger charge is -2.26. The van der Waals surface area contributed by atoms with Gasteiger partial charge in [-0.05, 0) is 59.5 Å². The number of benzene rings is 3. The topological polar surface area (TPSA) is 25.6 Å². The molecular formula is C27H23F2NO2. The molecule has 0 unspecified atom stereocenters. The first-order valence-corrected chi connectivity index (χ1v) is 10.6. The summed E-state index contributed by atoms with van der Waals surface area (Å²) >= 11 is 0. The number of hydrogen-bond acceptors (Lipinski definition) is 3. The van der Waals surface area contributed by atoms with Crippen molar-refractivity contribution in [1.82, 2.24) is 4.90 Å². The molecule has 0 atom stereocenters. The second-order valence-corrected chi connectivity index (χ2v) is 8.01. The van der Waals surface area contributed by atoms with Gasteiger partial charge in [-0.3, -0.25) is 4.90 Å². The van der Waals surface area contributed by atoms with Gasteiger partial charge in [0.2, 0.25) is 0 Å². The van der Waals surface area contributed by atoms with Gasteiger partial charge < -0.3 is 9.15 Å². The third-order valence-electron chi connectivity index (χ3n) is 5.97. The quantitative estimate of drug-likeness (QED) is 0.353. The summed E-state index contributed by atoms with van der Waals surface area (Å²) in [6.07, 6.45) is 3.12. The van der Waals surface area contributed by atoms with Crippen LogP contribution in [0.3, 0.4) is 0 Å². The van der Waals surface area contributed by atoms with Crippen molar-refractivity contribution in [3.8, 4) is 17.1 Å². The Labute approximate surface area is 185 Å². The number of rotatable bonds is 5. The minimum atomic E-state index is -0.299. The molecule has 0 saturated carbocycles. The summed E-state index contributed by atoms with van der Waals surface area (Å²) in [6.45, 7) is 2.48. The minimum absolute atomic E-state index is 0.215. The molecule has 1 aliphatic rings. The Balaban J connectivity index is 1.41. The molecule has 0 aliphatic carbocycles. The van der Waals surface area contributed by atoms with E-state index >= 15 is 0 Å². The predicted octanol–water partition coefficient (Wildman–Crippen LogP) is 6.68. The fourth-order valence-electron chi connectivity index (χ4n) is 4.26. The number of ether oxygens (including phenoxy) is 1. The van der Waals surface area contributed by atoms with Crippen LogP contribution in [0.25, 0.3) is 27.9 Å². The molecule has 3 nitrogen and oxygen atoms in total. The molecule has 32 heavy (non-hydrogen) atoms. The van der Waals surface area contributed by atoms with Crippen molar-refractivity contribution >= 4 is 16.5 Å². The number of hydrogen-bond donors (Lipinski definition) is 0. The van der Waals surface area contributed by atoms with Crippen molar-refractivity contribution in [2.45, 2.75) is 13.0 Å². The maximum atomic E-state index is 13.7. The van der Waals surface area contributed by atoms with Crippen LogP contribution in [0.5, 0.6) is 5.75 Å². The Morgan fingerprint density at radius 3 is 2.50 bits per heavy atom. The average Bonchev–Trinajstić information content (AvgIpc) is 3.27. The van der Waals surface area contributed by atoms with E-state index in [1.165, 1.54) is 29.8 Å². The van der Waals surface area contributed by atoms with Gasteiger partial charge in [-0.15, -0.1) is 0 Å². The number of halogens is 2. The van der Waals surface area contributed by atoms with Crippen molar-refractivity contribution in [3.05, 3.63) is 95.6 Å². The Bertz CT molecular complexity index is 1290. The first-order valence-electron chi connectivity index (χ1n) is 10.6. The second kappa shape index (κ2) is 8.60. The Kier molecular flexibility index (Phi) is 5.50. The highest BCUT2D eigenvalue weighted by Crippen LogP contribution is 2.36. The Morgan fingerprint density at radius 1 is 0.938 bits per heavy atom. The van der Waals surface area contributed by atoms with E-state index < -0.39 is 0 Å². The molecule has 162 valence electrons. The normalized spacial score (nSPS) is 14.5. The molecule has 0 amide bonds. The van der Waals surface area contributed by atoms with Crippen LogP contribution in [-0.4, -0.2) is 25.1 Å². The van der Waals surface area contributed by atoms with Crippen LogP contribution < -0.4 is 4.74 Å². The van der Waals surface area contributed by atoms with Crippen LogP contribution in [-0.2, 0) is 6.54 Å². The molecule has 0 N–H and O–H groups in total. The molecule has 0 radical (unpaired) electrons. The molecule has 0 bridgehead atoms. The molecule has 5 heteroatoms. The first kappa shape index (κ1) is 20.5. The lowest BCUT2D eigenvalue weighted by molar-refractivity contribution is 0.295. The van der Waals surface area contributed by atoms with E-state index in [0.29, 0.717) is 22.7 Å². The summed E-state index contributed by atoms with van der Waals surface area (Å²) in [5, 5.41) is 0.969. The Morgan fingerprint density at radius 2 is 1.78 bits per heavy atom. The van der Waals surface area contributed by atoms with E-state index in [-0.39, 0.29) is 11.6 Å². The summed E-state index contributed by atoms with van der Waals surface area (Å²) in [4.78, 5) is 2.36. The lowest BCUT2D eigenvalue weighted by Crippen LogP contribution is -2.28. The summed E-state index contributed by atoms with van der Waals surface area (Å²) in [5.41, 5.74) is 4.82. The van der Waals surface area contributed by atoms with E-state index in [0.717, 1.165) is 42.6 Å². The van der Waals surface area contributed by atoms with E-state index in [9.17, 15) is 8.78 Å². The third kappa shape index (κ3) is 4.04. The van der Waals surface area contributed by atoms with Gasteiger partial charge in [-0.1, -0.05) is 36.4 Å². The van der Waals surface area contributed by atoms with Crippen molar-refractivity contribution < 1.29 is 17.9 Å². The van der Waals surface area contributed by atoms with Crippen LogP contribution in [0.1, 0.15) is 17.5 Å². The average molecular weight is 431 g/mol. The number of methoxy groups -OCH3 is 1. The van der Waals surface area contributed by atoms with Gasteiger partial charge in [0.25, 0.3) is 0 Å². The standard InChI is InChI=1S/C27H23F2NO2/c1-31-25-10-7-21(24-16-26(32-27(24)25)20-3-2-4-23(29)15-20)17-30-13-11-19(12-14-30)18-5-8-22(28)9-6-18/h2-11,15-16H,12-14,17H2,1H3. The SMILES string of the molecule is COc1ccc(CN2CC=C(c3ccc(F)cc3)CC2)c2cc(-c3cccc(F)c3)oc12. The van der Waals surface area contributed by atoms with Crippen LogP contribution in [0.2, 0.25) is 0 Å². The van der Waals surface area contributed by atoms with Crippen LogP contribution in [0.4, 0.5) is 8.78 Å².